The zero-order valence-electron chi connectivity index (χ0n) is 71.5. The predicted molar refractivity (Wildman–Crippen MR) is 518 cm³/mol. The molecule has 0 aliphatic rings. The van der Waals surface area contributed by atoms with E-state index in [2.05, 4.69) is 153 Å². The Balaban J connectivity index is 0.000000123. The molecular formula is C92H81ClF2N40. The minimum atomic E-state index is -0.361. The van der Waals surface area contributed by atoms with Crippen LogP contribution in [0.4, 0.5) is 154 Å². The maximum Gasteiger partial charge on any atom is 0.248 e. The Morgan fingerprint density at radius 1 is 0.222 bits per heavy atom. The van der Waals surface area contributed by atoms with Crippen molar-refractivity contribution in [2.75, 3.05) is 81.8 Å². The van der Waals surface area contributed by atoms with Gasteiger partial charge in [-0.1, -0.05) is 138 Å². The smallest absolute Gasteiger partial charge is 0.248 e. The van der Waals surface area contributed by atoms with E-state index in [1.54, 1.807) is 66.7 Å². The fraction of sp³-hybridized carbons (Fsp3) is 0.0217. The number of nitrogens with zero attached hydrogens (tertiary/aromatic N) is 25. The van der Waals surface area contributed by atoms with Crippen LogP contribution in [-0.4, -0.2) is 124 Å². The minimum absolute atomic E-state index is 0.137. The third-order valence-electron chi connectivity index (χ3n) is 18.6. The molecule has 0 bridgehead atoms. The van der Waals surface area contributed by atoms with Gasteiger partial charge in [-0.15, -0.1) is 25.5 Å². The van der Waals surface area contributed by atoms with Crippen molar-refractivity contribution in [1.29, 1.82) is 0 Å². The lowest BCUT2D eigenvalue weighted by Crippen LogP contribution is -2.06. The molecule has 0 radical (unpaired) electrons. The van der Waals surface area contributed by atoms with Crippen LogP contribution >= 0.6 is 11.6 Å². The number of anilines is 25. The van der Waals surface area contributed by atoms with Crippen molar-refractivity contribution in [1.82, 2.24) is 124 Å². The summed E-state index contributed by atoms with van der Waals surface area (Å²) in [5.74, 6) is 7.43. The number of rotatable bonds is 25. The third-order valence-corrected chi connectivity index (χ3v) is 18.9. The zero-order chi connectivity index (χ0) is 93.2. The highest BCUT2D eigenvalue weighted by Gasteiger charge is 2.19. The van der Waals surface area contributed by atoms with Crippen LogP contribution in [0.2, 0.25) is 5.02 Å². The lowest BCUT2D eigenvalue weighted by Gasteiger charge is -2.07. The van der Waals surface area contributed by atoms with Crippen molar-refractivity contribution in [3.05, 3.63) is 363 Å². The fourth-order valence-electron chi connectivity index (χ4n) is 12.4. The van der Waals surface area contributed by atoms with Gasteiger partial charge in [0.25, 0.3) is 0 Å². The number of nitrogens with one attached hydrogen (secondary N) is 10. The highest BCUT2D eigenvalue weighted by Crippen LogP contribution is 2.29. The molecule has 0 spiro atoms. The van der Waals surface area contributed by atoms with Gasteiger partial charge in [0.1, 0.15) is 72.4 Å². The standard InChI is InChI=1S/2C19H18N8.C18H15ClN8.2C18H15FN8/c1-13-6-5-9-15(10-13)24-19-25-18(20)27(26-19)17-11-16(21-12-22-17)23-14-7-3-2-4-8-14;1-13-7-9-15(10-8-13)24-19-25-18(20)27(26-19)17-11-16(21-12-22-17)23-14-5-3-2-4-6-14;19-12-6-8-14(9-7-12)24-18-25-17(20)27(26-18)16-10-15(21-11-22-16)23-13-4-2-1-3-5-13;19-12-5-4-8-14(9-12)24-18-25-17(20)27(26-18)16-10-15(21-11-22-16)23-13-6-2-1-3-7-13;19-12-6-8-14(9-7-12)24-18-25-17(20)27(26-18)16-10-15(21-11-22-16)23-13-4-2-1-3-5-13/h2*2-12H,1H3,(H,21,22,23)(H3,20,24,25,26);3*1-11H,(H,21,22,23)(H3,20,24,25,26). The summed E-state index contributed by atoms with van der Waals surface area (Å²) in [6.45, 7) is 4.05. The predicted octanol–water partition coefficient (Wildman–Crippen LogP) is 17.2. The number of nitrogens with two attached hydrogens (primary N) is 5. The normalized spacial score (nSPS) is 10.6. The quantitative estimate of drug-likeness (QED) is 0.0253. The van der Waals surface area contributed by atoms with Crippen molar-refractivity contribution in [2.24, 2.45) is 0 Å². The van der Waals surface area contributed by atoms with Crippen molar-refractivity contribution in [3.63, 3.8) is 0 Å². The average molecular weight is 1820 g/mol. The summed E-state index contributed by atoms with van der Waals surface area (Å²) < 4.78 is 33.5. The van der Waals surface area contributed by atoms with Gasteiger partial charge in [-0.05, 0) is 171 Å². The Bertz CT molecular complexity index is 6680. The van der Waals surface area contributed by atoms with E-state index in [0.29, 0.717) is 92.4 Å². The van der Waals surface area contributed by atoms with Crippen LogP contribution in [0.5, 0.6) is 0 Å². The largest absolute Gasteiger partial charge is 0.368 e. The number of nitrogen functional groups attached to an aromatic ring is 5. The van der Waals surface area contributed by atoms with E-state index in [4.69, 9.17) is 40.3 Å². The summed E-state index contributed by atoms with van der Waals surface area (Å²) in [6.07, 6.45) is 7.16. The topological polar surface area (TPSA) is 533 Å². The van der Waals surface area contributed by atoms with Gasteiger partial charge in [-0.2, -0.15) is 48.3 Å². The maximum atomic E-state index is 13.3. The second-order valence-electron chi connectivity index (χ2n) is 28.7. The van der Waals surface area contributed by atoms with Crippen LogP contribution < -0.4 is 81.8 Å². The molecule has 43 heteroatoms. The van der Waals surface area contributed by atoms with E-state index < -0.39 is 0 Å². The SMILES string of the molecule is Cc1ccc(Nc2nc(N)n(-c3cc(Nc4ccccc4)ncn3)n2)cc1.Cc1cccc(Nc2nc(N)n(-c3cc(Nc4ccccc4)ncn3)n2)c1.Nc1nc(Nc2ccc(Cl)cc2)nn1-c1cc(Nc2ccccc2)ncn1.Nc1nc(Nc2ccc(F)cc2)nn1-c1cc(Nc2ccccc2)ncn1.Nc1nc(Nc2cccc(F)c2)nn1-c1cc(Nc2ccccc2)ncn1. The number of halogens is 3. The molecule has 0 saturated carbocycles. The summed E-state index contributed by atoms with van der Waals surface area (Å²) in [6, 6.07) is 92.0. The van der Waals surface area contributed by atoms with Gasteiger partial charge in [0.15, 0.2) is 29.1 Å². The lowest BCUT2D eigenvalue weighted by atomic mass is 10.2. The first-order chi connectivity index (χ1) is 65.8. The molecule has 20 aromatic rings. The Labute approximate surface area is 772 Å². The van der Waals surface area contributed by atoms with Crippen LogP contribution in [0.25, 0.3) is 29.1 Å². The molecule has 670 valence electrons. The first-order valence-electron chi connectivity index (χ1n) is 41.0. The third kappa shape index (κ3) is 25.0. The minimum Gasteiger partial charge on any atom is -0.368 e. The molecule has 10 aromatic carbocycles. The van der Waals surface area contributed by atoms with E-state index in [9.17, 15) is 8.78 Å². The number of aromatic nitrogens is 25. The number of para-hydroxylation sites is 5. The molecule has 40 nitrogen and oxygen atoms in total. The van der Waals surface area contributed by atoms with Crippen LogP contribution in [0, 0.1) is 25.5 Å². The van der Waals surface area contributed by atoms with E-state index in [1.165, 1.54) is 84.9 Å². The monoisotopic (exact) mass is 1820 g/mol. The van der Waals surface area contributed by atoms with Crippen molar-refractivity contribution >= 4 is 157 Å². The van der Waals surface area contributed by atoms with Crippen LogP contribution in [0.15, 0.2) is 335 Å². The number of aryl methyl sites for hydroxylation is 2. The van der Waals surface area contributed by atoms with Gasteiger partial charge >= 0.3 is 0 Å². The van der Waals surface area contributed by atoms with E-state index in [-0.39, 0.29) is 53.3 Å². The van der Waals surface area contributed by atoms with Gasteiger partial charge in [0.05, 0.1) is 0 Å². The molecule has 135 heavy (non-hydrogen) atoms. The zero-order valence-corrected chi connectivity index (χ0v) is 72.2. The summed E-state index contributed by atoms with van der Waals surface area (Å²) in [4.78, 5) is 63.2. The molecule has 10 aromatic heterocycles. The fourth-order valence-corrected chi connectivity index (χ4v) is 12.5. The average Bonchev–Trinajstić information content (AvgIpc) is 1.70. The Hall–Kier alpha value is -19.5. The molecule has 0 aliphatic heterocycles. The molecule has 0 saturated heterocycles. The highest BCUT2D eigenvalue weighted by molar-refractivity contribution is 6.30. The molecule has 10 heterocycles. The highest BCUT2D eigenvalue weighted by atomic mass is 35.5. The van der Waals surface area contributed by atoms with E-state index in [0.717, 1.165) is 51.1 Å². The molecule has 0 amide bonds. The lowest BCUT2D eigenvalue weighted by molar-refractivity contribution is 0.628. The van der Waals surface area contributed by atoms with E-state index in [1.807, 2.05) is 226 Å². The van der Waals surface area contributed by atoms with Gasteiger partial charge in [0.2, 0.25) is 59.5 Å². The van der Waals surface area contributed by atoms with Gasteiger partial charge in [0, 0.05) is 92.2 Å². The van der Waals surface area contributed by atoms with Crippen molar-refractivity contribution in [2.45, 2.75) is 13.8 Å². The van der Waals surface area contributed by atoms with E-state index >= 15 is 0 Å². The Morgan fingerprint density at radius 3 is 0.733 bits per heavy atom. The van der Waals surface area contributed by atoms with Crippen molar-refractivity contribution in [3.8, 4) is 29.1 Å². The molecule has 20 N–H and O–H groups in total. The summed E-state index contributed by atoms with van der Waals surface area (Å²) in [5.41, 5.74) is 40.6. The first-order valence-corrected chi connectivity index (χ1v) is 41.3. The molecule has 0 aliphatic carbocycles. The summed E-state index contributed by atoms with van der Waals surface area (Å²) >= 11 is 5.89. The van der Waals surface area contributed by atoms with Gasteiger partial charge in [-0.25, -0.2) is 58.6 Å². The molecule has 0 atom stereocenters. The molecule has 0 fully saturated rings. The Morgan fingerprint density at radius 2 is 0.459 bits per heavy atom. The summed E-state index contributed by atoms with van der Waals surface area (Å²) in [7, 11) is 0. The first kappa shape index (κ1) is 88.9. The maximum absolute atomic E-state index is 13.3. The second kappa shape index (κ2) is 42.8. The number of hydrogen-bond acceptors (Lipinski definition) is 35. The van der Waals surface area contributed by atoms with Crippen LogP contribution in [0.3, 0.4) is 0 Å². The van der Waals surface area contributed by atoms with Crippen LogP contribution in [0.1, 0.15) is 11.1 Å². The summed E-state index contributed by atoms with van der Waals surface area (Å²) in [5, 5.41) is 53.6. The Kier molecular flexibility index (Phi) is 28.2. The van der Waals surface area contributed by atoms with Crippen molar-refractivity contribution < 1.29 is 8.78 Å². The molecule has 0 unspecified atom stereocenters. The number of benzene rings is 10. The van der Waals surface area contributed by atoms with Crippen LogP contribution in [-0.2, 0) is 0 Å². The molecule has 20 rings (SSSR count). The second-order valence-corrected chi connectivity index (χ2v) is 29.1. The molecular weight excluding hydrogens is 1740 g/mol. The number of hydrogen-bond donors (Lipinski definition) is 15. The van der Waals surface area contributed by atoms with Gasteiger partial charge in [-0.3, -0.25) is 0 Å². The van der Waals surface area contributed by atoms with Gasteiger partial charge < -0.3 is 81.8 Å².